The zero-order chi connectivity index (χ0) is 27.4. The first-order valence-electron chi connectivity index (χ1n) is 12.8. The maximum absolute atomic E-state index is 13.9. The van der Waals surface area contributed by atoms with Gasteiger partial charge in [0.25, 0.3) is 5.56 Å². The molecule has 0 spiro atoms. The van der Waals surface area contributed by atoms with Crippen LogP contribution in [0.5, 0.6) is 5.75 Å². The van der Waals surface area contributed by atoms with E-state index in [0.717, 1.165) is 12.0 Å². The Bertz CT molecular complexity index is 1560. The first-order chi connectivity index (χ1) is 18.2. The monoisotopic (exact) mass is 532 g/mol. The van der Waals surface area contributed by atoms with Gasteiger partial charge in [0.2, 0.25) is 0 Å². The fourth-order valence-electron chi connectivity index (χ4n) is 4.48. The maximum Gasteiger partial charge on any atom is 0.338 e. The number of fused-ring (bicyclic) bond motifs is 1. The molecule has 0 aliphatic carbocycles. The van der Waals surface area contributed by atoms with E-state index < -0.39 is 18.0 Å². The van der Waals surface area contributed by atoms with E-state index in [1.807, 2.05) is 37.3 Å². The van der Waals surface area contributed by atoms with Gasteiger partial charge in [-0.1, -0.05) is 74.9 Å². The Kier molecular flexibility index (Phi) is 8.42. The van der Waals surface area contributed by atoms with Gasteiger partial charge in [-0.15, -0.1) is 0 Å². The Labute approximate surface area is 225 Å². The molecule has 0 amide bonds. The minimum absolute atomic E-state index is 0.226. The second-order valence-corrected chi connectivity index (χ2v) is 10.4. The molecule has 1 aromatic heterocycles. The van der Waals surface area contributed by atoms with E-state index in [4.69, 9.17) is 14.5 Å². The quantitative estimate of drug-likeness (QED) is 0.312. The zero-order valence-corrected chi connectivity index (χ0v) is 23.1. The van der Waals surface area contributed by atoms with Crippen molar-refractivity contribution < 1.29 is 19.1 Å². The standard InChI is InChI=1S/C30H32N2O5S/c1-6-9-24-26(29(35)36-7-2)27(22-14-12-21(13-15-22)18(3)4)32-28(34)25(38-30(32)31-24)17-20-10-8-11-23(16-20)37-19(5)33/h8,10-18,27H,6-7,9H2,1-5H3/b25-17-/t27-/m0/s1. The van der Waals surface area contributed by atoms with Crippen molar-refractivity contribution in [1.29, 1.82) is 0 Å². The van der Waals surface area contributed by atoms with Gasteiger partial charge in [-0.2, -0.15) is 0 Å². The average Bonchev–Trinajstić information content (AvgIpc) is 3.17. The van der Waals surface area contributed by atoms with E-state index in [2.05, 4.69) is 13.8 Å². The normalized spacial score (nSPS) is 15.3. The fourth-order valence-corrected chi connectivity index (χ4v) is 5.50. The molecule has 0 radical (unpaired) electrons. The number of nitrogens with zero attached hydrogens (tertiary/aromatic N) is 2. The molecule has 0 bridgehead atoms. The highest BCUT2D eigenvalue weighted by Crippen LogP contribution is 2.33. The average molecular weight is 533 g/mol. The van der Waals surface area contributed by atoms with Crippen LogP contribution in [0.15, 0.2) is 69.6 Å². The summed E-state index contributed by atoms with van der Waals surface area (Å²) in [7, 11) is 0. The largest absolute Gasteiger partial charge is 0.463 e. The van der Waals surface area contributed by atoms with Crippen LogP contribution >= 0.6 is 11.3 Å². The molecule has 0 saturated carbocycles. The summed E-state index contributed by atoms with van der Waals surface area (Å²) in [6.45, 7) is 9.61. The van der Waals surface area contributed by atoms with Gasteiger partial charge in [0.15, 0.2) is 4.80 Å². The number of aromatic nitrogens is 1. The van der Waals surface area contributed by atoms with Crippen molar-refractivity contribution in [2.24, 2.45) is 4.99 Å². The molecule has 3 aromatic rings. The SMILES string of the molecule is CCCC1=C(C(=O)OCC)[C@H](c2ccc(C(C)C)cc2)n2c(s/c(=C\c3cccc(OC(C)=O)c3)c2=O)=N1. The molecule has 0 saturated heterocycles. The molecule has 0 unspecified atom stereocenters. The minimum Gasteiger partial charge on any atom is -0.463 e. The van der Waals surface area contributed by atoms with E-state index in [1.54, 1.807) is 35.8 Å². The molecular weight excluding hydrogens is 500 g/mol. The van der Waals surface area contributed by atoms with Gasteiger partial charge in [0, 0.05) is 6.92 Å². The smallest absolute Gasteiger partial charge is 0.338 e. The highest BCUT2D eigenvalue weighted by atomic mass is 32.1. The fraction of sp³-hybridized carbons (Fsp3) is 0.333. The predicted molar refractivity (Wildman–Crippen MR) is 148 cm³/mol. The van der Waals surface area contributed by atoms with Crippen molar-refractivity contribution >= 4 is 29.4 Å². The Hall–Kier alpha value is -3.78. The number of allylic oxidation sites excluding steroid dienone is 1. The lowest BCUT2D eigenvalue weighted by atomic mass is 9.92. The molecule has 7 nitrogen and oxygen atoms in total. The van der Waals surface area contributed by atoms with Crippen LogP contribution < -0.4 is 19.6 Å². The number of carbonyl (C=O) groups is 2. The molecule has 198 valence electrons. The van der Waals surface area contributed by atoms with Crippen LogP contribution in [0.4, 0.5) is 0 Å². The molecule has 1 atom stereocenters. The van der Waals surface area contributed by atoms with E-state index in [1.165, 1.54) is 23.8 Å². The van der Waals surface area contributed by atoms with Crippen molar-refractivity contribution in [2.45, 2.75) is 59.4 Å². The third-order valence-corrected chi connectivity index (χ3v) is 7.21. The third kappa shape index (κ3) is 5.70. The number of hydrogen-bond donors (Lipinski definition) is 0. The Balaban J connectivity index is 1.93. The molecule has 2 aromatic carbocycles. The first kappa shape index (κ1) is 27.3. The van der Waals surface area contributed by atoms with E-state index in [0.29, 0.717) is 44.3 Å². The number of hydrogen-bond acceptors (Lipinski definition) is 7. The van der Waals surface area contributed by atoms with Crippen LogP contribution in [0, 0.1) is 0 Å². The van der Waals surface area contributed by atoms with Crippen LogP contribution in [0.1, 0.15) is 76.1 Å². The number of benzene rings is 2. The maximum atomic E-state index is 13.9. The molecule has 2 heterocycles. The molecule has 4 rings (SSSR count). The number of carbonyl (C=O) groups excluding carboxylic acids is 2. The van der Waals surface area contributed by atoms with E-state index in [9.17, 15) is 14.4 Å². The summed E-state index contributed by atoms with van der Waals surface area (Å²) in [6.07, 6.45) is 3.13. The summed E-state index contributed by atoms with van der Waals surface area (Å²) in [5.41, 5.74) is 3.51. The number of rotatable bonds is 8. The van der Waals surface area contributed by atoms with Gasteiger partial charge in [-0.3, -0.25) is 14.2 Å². The molecule has 1 aliphatic heterocycles. The van der Waals surface area contributed by atoms with Crippen LogP contribution in [0.2, 0.25) is 0 Å². The predicted octanol–water partition coefficient (Wildman–Crippen LogP) is 4.63. The van der Waals surface area contributed by atoms with Crippen molar-refractivity contribution in [3.63, 3.8) is 0 Å². The zero-order valence-electron chi connectivity index (χ0n) is 22.3. The summed E-state index contributed by atoms with van der Waals surface area (Å²) >= 11 is 1.27. The summed E-state index contributed by atoms with van der Waals surface area (Å²) in [4.78, 5) is 43.8. The Morgan fingerprint density at radius 2 is 1.87 bits per heavy atom. The van der Waals surface area contributed by atoms with Gasteiger partial charge >= 0.3 is 11.9 Å². The van der Waals surface area contributed by atoms with Crippen molar-refractivity contribution in [3.8, 4) is 5.75 Å². The second-order valence-electron chi connectivity index (χ2n) is 9.40. The van der Waals surface area contributed by atoms with Gasteiger partial charge in [0.05, 0.1) is 28.5 Å². The van der Waals surface area contributed by atoms with Crippen LogP contribution in [0.25, 0.3) is 6.08 Å². The summed E-state index contributed by atoms with van der Waals surface area (Å²) in [6, 6.07) is 14.4. The van der Waals surface area contributed by atoms with E-state index >= 15 is 0 Å². The molecule has 0 N–H and O–H groups in total. The van der Waals surface area contributed by atoms with Crippen LogP contribution in [-0.2, 0) is 14.3 Å². The second kappa shape index (κ2) is 11.7. The first-order valence-corrected chi connectivity index (χ1v) is 13.6. The molecular formula is C30H32N2O5S. The van der Waals surface area contributed by atoms with Gasteiger partial charge in [-0.25, -0.2) is 9.79 Å². The minimum atomic E-state index is -0.650. The van der Waals surface area contributed by atoms with Crippen molar-refractivity contribution in [3.05, 3.63) is 96.2 Å². The highest BCUT2D eigenvalue weighted by molar-refractivity contribution is 7.07. The van der Waals surface area contributed by atoms with Gasteiger partial charge < -0.3 is 9.47 Å². The number of thiazole rings is 1. The number of ether oxygens (including phenoxy) is 2. The lowest BCUT2D eigenvalue weighted by Crippen LogP contribution is -2.40. The van der Waals surface area contributed by atoms with Crippen LogP contribution in [-0.4, -0.2) is 23.1 Å². The summed E-state index contributed by atoms with van der Waals surface area (Å²) in [5.74, 6) is -0.123. The Morgan fingerprint density at radius 1 is 1.13 bits per heavy atom. The van der Waals surface area contributed by atoms with Crippen molar-refractivity contribution in [1.82, 2.24) is 4.57 Å². The lowest BCUT2D eigenvalue weighted by Gasteiger charge is -2.26. The van der Waals surface area contributed by atoms with Gasteiger partial charge in [-0.05, 0) is 54.2 Å². The number of esters is 2. The molecule has 1 aliphatic rings. The summed E-state index contributed by atoms with van der Waals surface area (Å²) in [5, 5.41) is 0. The highest BCUT2D eigenvalue weighted by Gasteiger charge is 2.34. The van der Waals surface area contributed by atoms with Crippen LogP contribution in [0.3, 0.4) is 0 Å². The molecule has 38 heavy (non-hydrogen) atoms. The molecule has 0 fully saturated rings. The summed E-state index contributed by atoms with van der Waals surface area (Å²) < 4.78 is 12.7. The van der Waals surface area contributed by atoms with Crippen molar-refractivity contribution in [2.75, 3.05) is 6.61 Å². The Morgan fingerprint density at radius 3 is 2.50 bits per heavy atom. The molecule has 8 heteroatoms. The lowest BCUT2D eigenvalue weighted by molar-refractivity contribution is -0.139. The van der Waals surface area contributed by atoms with E-state index in [-0.39, 0.29) is 12.2 Å². The van der Waals surface area contributed by atoms with Gasteiger partial charge in [0.1, 0.15) is 5.75 Å². The third-order valence-electron chi connectivity index (χ3n) is 6.23. The topological polar surface area (TPSA) is 87.0 Å².